The van der Waals surface area contributed by atoms with E-state index in [1.807, 2.05) is 29.7 Å². The summed E-state index contributed by atoms with van der Waals surface area (Å²) in [5.41, 5.74) is 1.49. The van der Waals surface area contributed by atoms with Gasteiger partial charge in [-0.3, -0.25) is 4.79 Å². The zero-order chi connectivity index (χ0) is 15.2. The molecule has 1 saturated carbocycles. The van der Waals surface area contributed by atoms with Gasteiger partial charge in [-0.05, 0) is 19.1 Å². The van der Waals surface area contributed by atoms with Crippen molar-refractivity contribution in [2.75, 3.05) is 0 Å². The van der Waals surface area contributed by atoms with Gasteiger partial charge in [0, 0.05) is 47.0 Å². The van der Waals surface area contributed by atoms with Crippen LogP contribution in [0.3, 0.4) is 0 Å². The van der Waals surface area contributed by atoms with Crippen LogP contribution < -0.4 is 5.32 Å². The fourth-order valence-corrected chi connectivity index (χ4v) is 3.08. The lowest BCUT2D eigenvalue weighted by Crippen LogP contribution is -2.50. The van der Waals surface area contributed by atoms with Crippen LogP contribution in [0.4, 0.5) is 8.78 Å². The predicted molar refractivity (Wildman–Crippen MR) is 80.7 cm³/mol. The summed E-state index contributed by atoms with van der Waals surface area (Å²) in [5, 5.41) is 3.53. The number of benzene rings is 1. The normalized spacial score (nSPS) is 17.7. The van der Waals surface area contributed by atoms with Gasteiger partial charge in [0.1, 0.15) is 0 Å². The van der Waals surface area contributed by atoms with Crippen molar-refractivity contribution in [1.29, 1.82) is 0 Å². The van der Waals surface area contributed by atoms with E-state index in [4.69, 9.17) is 0 Å². The first kappa shape index (κ1) is 14.5. The molecular weight excluding hydrogens is 342 g/mol. The average Bonchev–Trinajstić information content (AvgIpc) is 2.74. The number of aromatic nitrogens is 1. The molecule has 1 N–H and O–H groups in total. The minimum Gasteiger partial charge on any atom is -0.349 e. The zero-order valence-corrected chi connectivity index (χ0v) is 13.1. The number of halogens is 3. The zero-order valence-electron chi connectivity index (χ0n) is 11.5. The third-order valence-corrected chi connectivity index (χ3v) is 4.35. The number of nitrogens with zero attached hydrogens (tertiary/aromatic N) is 1. The smallest absolute Gasteiger partial charge is 0.253 e. The van der Waals surface area contributed by atoms with Crippen molar-refractivity contribution < 1.29 is 13.6 Å². The first-order valence-corrected chi connectivity index (χ1v) is 7.66. The minimum atomic E-state index is -2.62. The molecule has 1 aliphatic rings. The third-order valence-electron chi connectivity index (χ3n) is 3.85. The van der Waals surface area contributed by atoms with E-state index in [1.165, 1.54) is 0 Å². The van der Waals surface area contributed by atoms with E-state index in [9.17, 15) is 13.6 Å². The van der Waals surface area contributed by atoms with Gasteiger partial charge in [0.25, 0.3) is 11.8 Å². The van der Waals surface area contributed by atoms with Crippen LogP contribution in [0.2, 0.25) is 0 Å². The molecular formula is C15H15BrF2N2O. The van der Waals surface area contributed by atoms with Gasteiger partial charge in [-0.15, -0.1) is 0 Å². The Balaban J connectivity index is 1.88. The highest BCUT2D eigenvalue weighted by Gasteiger charge is 2.46. The number of carbonyl (C=O) groups is 1. The van der Waals surface area contributed by atoms with E-state index in [1.54, 1.807) is 6.20 Å². The van der Waals surface area contributed by atoms with Crippen LogP contribution in [-0.4, -0.2) is 22.4 Å². The number of hydrogen-bond acceptors (Lipinski definition) is 1. The first-order valence-electron chi connectivity index (χ1n) is 6.87. The SMILES string of the molecule is CCn1cc(C(=O)NC2CC(F)(F)C2)c2ccc(Br)cc21. The van der Waals surface area contributed by atoms with Gasteiger partial charge in [-0.1, -0.05) is 22.0 Å². The summed E-state index contributed by atoms with van der Waals surface area (Å²) in [6.45, 7) is 2.73. The second-order valence-corrected chi connectivity index (χ2v) is 6.34. The molecule has 2 aromatic rings. The Hall–Kier alpha value is -1.43. The molecule has 21 heavy (non-hydrogen) atoms. The van der Waals surface area contributed by atoms with Crippen LogP contribution in [0.1, 0.15) is 30.1 Å². The van der Waals surface area contributed by atoms with Crippen LogP contribution in [-0.2, 0) is 6.54 Å². The molecule has 1 aliphatic carbocycles. The first-order chi connectivity index (χ1) is 9.89. The summed E-state index contributed by atoms with van der Waals surface area (Å²) < 4.78 is 28.6. The topological polar surface area (TPSA) is 34.0 Å². The second-order valence-electron chi connectivity index (χ2n) is 5.42. The fraction of sp³-hybridized carbons (Fsp3) is 0.400. The Morgan fingerprint density at radius 3 is 2.81 bits per heavy atom. The number of rotatable bonds is 3. The Bertz CT molecular complexity index is 703. The number of alkyl halides is 2. The van der Waals surface area contributed by atoms with E-state index in [-0.39, 0.29) is 18.7 Å². The van der Waals surface area contributed by atoms with Crippen molar-refractivity contribution >= 4 is 32.7 Å². The van der Waals surface area contributed by atoms with Crippen LogP contribution in [0, 0.1) is 0 Å². The van der Waals surface area contributed by atoms with E-state index >= 15 is 0 Å². The highest BCUT2D eigenvalue weighted by molar-refractivity contribution is 9.10. The fourth-order valence-electron chi connectivity index (χ4n) is 2.73. The number of hydrogen-bond donors (Lipinski definition) is 1. The third kappa shape index (κ3) is 2.69. The Morgan fingerprint density at radius 1 is 1.48 bits per heavy atom. The molecule has 0 unspecified atom stereocenters. The summed E-state index contributed by atoms with van der Waals surface area (Å²) in [7, 11) is 0. The molecule has 1 fully saturated rings. The molecule has 6 heteroatoms. The number of amides is 1. The summed E-state index contributed by atoms with van der Waals surface area (Å²) in [6.07, 6.45) is 1.25. The number of fused-ring (bicyclic) bond motifs is 1. The van der Waals surface area contributed by atoms with Gasteiger partial charge < -0.3 is 9.88 Å². The molecule has 0 atom stereocenters. The quantitative estimate of drug-likeness (QED) is 0.887. The second kappa shape index (κ2) is 5.09. The van der Waals surface area contributed by atoms with Crippen molar-refractivity contribution in [3.05, 3.63) is 34.4 Å². The Morgan fingerprint density at radius 2 is 2.19 bits per heavy atom. The van der Waals surface area contributed by atoms with Crippen molar-refractivity contribution in [1.82, 2.24) is 9.88 Å². The molecule has 1 amide bonds. The van der Waals surface area contributed by atoms with Crippen molar-refractivity contribution in [2.24, 2.45) is 0 Å². The summed E-state index contributed by atoms with van der Waals surface area (Å²) in [5.74, 6) is -2.91. The largest absolute Gasteiger partial charge is 0.349 e. The average molecular weight is 357 g/mol. The van der Waals surface area contributed by atoms with Crippen LogP contribution in [0.5, 0.6) is 0 Å². The molecule has 3 rings (SSSR count). The molecule has 0 spiro atoms. The molecule has 0 saturated heterocycles. The van der Waals surface area contributed by atoms with Crippen LogP contribution in [0.15, 0.2) is 28.9 Å². The molecule has 0 radical (unpaired) electrons. The van der Waals surface area contributed by atoms with Gasteiger partial charge in [0.2, 0.25) is 0 Å². The van der Waals surface area contributed by atoms with Gasteiger partial charge in [0.15, 0.2) is 0 Å². The van der Waals surface area contributed by atoms with E-state index in [0.29, 0.717) is 5.56 Å². The molecule has 1 aromatic carbocycles. The summed E-state index contributed by atoms with van der Waals surface area (Å²) >= 11 is 3.42. The highest BCUT2D eigenvalue weighted by atomic mass is 79.9. The molecule has 3 nitrogen and oxygen atoms in total. The maximum atomic E-state index is 12.8. The lowest BCUT2D eigenvalue weighted by Gasteiger charge is -2.35. The van der Waals surface area contributed by atoms with Crippen molar-refractivity contribution in [3.8, 4) is 0 Å². The number of carbonyl (C=O) groups excluding carboxylic acids is 1. The lowest BCUT2D eigenvalue weighted by atomic mass is 9.88. The monoisotopic (exact) mass is 356 g/mol. The minimum absolute atomic E-state index is 0.267. The molecule has 0 bridgehead atoms. The molecule has 112 valence electrons. The summed E-state index contributed by atoms with van der Waals surface area (Å²) in [4.78, 5) is 12.3. The Kier molecular flexibility index (Phi) is 3.51. The molecule has 1 heterocycles. The predicted octanol–water partition coefficient (Wildman–Crippen LogP) is 3.95. The van der Waals surface area contributed by atoms with E-state index in [0.717, 1.165) is 21.9 Å². The maximum Gasteiger partial charge on any atom is 0.253 e. The Labute approximate surface area is 129 Å². The van der Waals surface area contributed by atoms with E-state index in [2.05, 4.69) is 21.2 Å². The molecule has 1 aromatic heterocycles. The van der Waals surface area contributed by atoms with Crippen LogP contribution >= 0.6 is 15.9 Å². The number of aryl methyl sites for hydroxylation is 1. The van der Waals surface area contributed by atoms with E-state index < -0.39 is 12.0 Å². The van der Waals surface area contributed by atoms with Gasteiger partial charge in [-0.2, -0.15) is 0 Å². The van der Waals surface area contributed by atoms with Gasteiger partial charge in [0.05, 0.1) is 5.56 Å². The standard InChI is InChI=1S/C15H15BrF2N2O/c1-2-20-8-12(11-4-3-9(16)5-13(11)20)14(21)19-10-6-15(17,18)7-10/h3-5,8,10H,2,6-7H2,1H3,(H,19,21). The lowest BCUT2D eigenvalue weighted by molar-refractivity contribution is -0.0901. The number of nitrogens with one attached hydrogen (secondary N) is 1. The summed E-state index contributed by atoms with van der Waals surface area (Å²) in [6, 6.07) is 5.27. The molecule has 0 aliphatic heterocycles. The highest BCUT2D eigenvalue weighted by Crippen LogP contribution is 2.37. The van der Waals surface area contributed by atoms with Crippen molar-refractivity contribution in [3.63, 3.8) is 0 Å². The van der Waals surface area contributed by atoms with Crippen molar-refractivity contribution in [2.45, 2.75) is 38.3 Å². The van der Waals surface area contributed by atoms with Crippen LogP contribution in [0.25, 0.3) is 10.9 Å². The van der Waals surface area contributed by atoms with Gasteiger partial charge in [-0.25, -0.2) is 8.78 Å². The van der Waals surface area contributed by atoms with Gasteiger partial charge >= 0.3 is 0 Å². The maximum absolute atomic E-state index is 12.8.